The van der Waals surface area contributed by atoms with E-state index < -0.39 is 17.6 Å². The van der Waals surface area contributed by atoms with Crippen LogP contribution in [0.5, 0.6) is 0 Å². The monoisotopic (exact) mass is 461 g/mol. The molecule has 5 aliphatic rings. The Morgan fingerprint density at radius 3 is 2.48 bits per heavy atom. The fourth-order valence-corrected chi connectivity index (χ4v) is 6.42. The van der Waals surface area contributed by atoms with E-state index in [1.54, 1.807) is 16.9 Å². The van der Waals surface area contributed by atoms with Crippen molar-refractivity contribution >= 4 is 11.6 Å². The van der Waals surface area contributed by atoms with Gasteiger partial charge in [0.2, 0.25) is 11.8 Å². The van der Waals surface area contributed by atoms with Crippen molar-refractivity contribution in [2.75, 3.05) is 0 Å². The first-order valence-electron chi connectivity index (χ1n) is 12.1. The zero-order chi connectivity index (χ0) is 23.0. The average molecular weight is 462 g/mol. The number of carbonyl (C=O) groups excluding carboxylic acids is 1. The average Bonchev–Trinajstić information content (AvgIpc) is 3.47. The summed E-state index contributed by atoms with van der Waals surface area (Å²) in [6.07, 6.45) is 8.10. The number of rotatable bonds is 7. The minimum Gasteiger partial charge on any atom is -0.349 e. The van der Waals surface area contributed by atoms with Gasteiger partial charge < -0.3 is 11.1 Å². The number of aromatic nitrogens is 3. The Morgan fingerprint density at radius 1 is 1.15 bits per heavy atom. The third kappa shape index (κ3) is 3.92. The highest BCUT2D eigenvalue weighted by Gasteiger charge is 2.69. The number of nitrogens with two attached hydrogens (primary N) is 1. The maximum Gasteiger partial charge on any atom is 0.248 e. The molecule has 33 heavy (non-hydrogen) atoms. The molecule has 2 aromatic rings. The highest BCUT2D eigenvalue weighted by atomic mass is 19.3. The fraction of sp³-hybridized carbons (Fsp3) is 0.708. The van der Waals surface area contributed by atoms with Gasteiger partial charge in [0.15, 0.2) is 5.65 Å². The van der Waals surface area contributed by atoms with Crippen LogP contribution in [-0.4, -0.2) is 32.1 Å². The largest absolute Gasteiger partial charge is 0.349 e. The van der Waals surface area contributed by atoms with Crippen molar-refractivity contribution in [1.29, 1.82) is 0 Å². The zero-order valence-electron chi connectivity index (χ0n) is 18.6. The molecule has 5 fully saturated rings. The first-order valence-corrected chi connectivity index (χ1v) is 12.1. The van der Waals surface area contributed by atoms with E-state index in [9.17, 15) is 18.0 Å². The minimum absolute atomic E-state index is 0.0197. The normalized spacial score (nSPS) is 32.6. The molecule has 9 heteroatoms. The summed E-state index contributed by atoms with van der Waals surface area (Å²) in [4.78, 5) is 17.4. The number of halogens is 3. The molecule has 3 N–H and O–H groups in total. The molecule has 2 heterocycles. The molecular formula is C24H30F3N5O. The van der Waals surface area contributed by atoms with Crippen molar-refractivity contribution in [2.24, 2.45) is 23.0 Å². The van der Waals surface area contributed by atoms with Gasteiger partial charge in [0.25, 0.3) is 0 Å². The molecule has 0 aromatic carbocycles. The summed E-state index contributed by atoms with van der Waals surface area (Å²) in [5.41, 5.74) is 7.49. The predicted octanol–water partition coefficient (Wildman–Crippen LogP) is 4.40. The van der Waals surface area contributed by atoms with Gasteiger partial charge in [-0.05, 0) is 73.8 Å². The first-order chi connectivity index (χ1) is 15.6. The maximum absolute atomic E-state index is 13.8. The Kier molecular flexibility index (Phi) is 4.64. The summed E-state index contributed by atoms with van der Waals surface area (Å²) in [5, 5.41) is 7.66. The van der Waals surface area contributed by atoms with Crippen LogP contribution in [0.4, 0.5) is 13.2 Å². The van der Waals surface area contributed by atoms with Gasteiger partial charge in [0.05, 0.1) is 30.2 Å². The van der Waals surface area contributed by atoms with Gasteiger partial charge in [0, 0.05) is 19.3 Å². The van der Waals surface area contributed by atoms with Crippen LogP contribution in [0, 0.1) is 17.3 Å². The van der Waals surface area contributed by atoms with E-state index in [0.717, 1.165) is 18.4 Å². The highest BCUT2D eigenvalue weighted by molar-refractivity contribution is 5.78. The van der Waals surface area contributed by atoms with Crippen LogP contribution in [0.25, 0.3) is 5.65 Å². The number of carbonyl (C=O) groups is 1. The fourth-order valence-electron chi connectivity index (χ4n) is 6.42. The van der Waals surface area contributed by atoms with Gasteiger partial charge in [-0.3, -0.25) is 4.79 Å². The summed E-state index contributed by atoms with van der Waals surface area (Å²) in [6.45, 7) is 0. The van der Waals surface area contributed by atoms with Gasteiger partial charge in [-0.2, -0.15) is 5.10 Å². The number of fused-ring (bicyclic) bond motifs is 1. The molecule has 2 aromatic heterocycles. The molecule has 5 saturated carbocycles. The summed E-state index contributed by atoms with van der Waals surface area (Å²) < 4.78 is 42.5. The topological polar surface area (TPSA) is 85.3 Å². The van der Waals surface area contributed by atoms with Gasteiger partial charge in [-0.25, -0.2) is 22.7 Å². The predicted molar refractivity (Wildman–Crippen MR) is 115 cm³/mol. The number of nitrogens with zero attached hydrogens (tertiary/aromatic N) is 3. The number of hydrogen-bond acceptors (Lipinski definition) is 4. The van der Waals surface area contributed by atoms with E-state index >= 15 is 0 Å². The second kappa shape index (κ2) is 7.17. The third-order valence-corrected chi connectivity index (χ3v) is 8.35. The first kappa shape index (κ1) is 21.4. The van der Waals surface area contributed by atoms with Crippen LogP contribution in [0.1, 0.15) is 87.5 Å². The SMILES string of the molecule is N[C@H](c1cn2ncc(C(NC(=O)CC34CC(F)(C3)C4)C3CC3)cc2n1)C1CCC(F)(F)CC1. The smallest absolute Gasteiger partial charge is 0.248 e. The molecule has 1 unspecified atom stereocenters. The highest BCUT2D eigenvalue weighted by Crippen LogP contribution is 2.71. The Morgan fingerprint density at radius 2 is 1.85 bits per heavy atom. The lowest BCUT2D eigenvalue weighted by Crippen LogP contribution is -2.65. The zero-order valence-corrected chi connectivity index (χ0v) is 18.6. The number of imidazole rings is 1. The summed E-state index contributed by atoms with van der Waals surface area (Å²) in [6, 6.07) is 1.40. The van der Waals surface area contributed by atoms with Crippen LogP contribution in [0.2, 0.25) is 0 Å². The van der Waals surface area contributed by atoms with E-state index in [-0.39, 0.29) is 36.1 Å². The molecule has 7 rings (SSSR count). The summed E-state index contributed by atoms with van der Waals surface area (Å²) in [5.74, 6) is -2.25. The van der Waals surface area contributed by atoms with Crippen molar-refractivity contribution in [1.82, 2.24) is 19.9 Å². The number of nitrogens with one attached hydrogen (secondary N) is 1. The van der Waals surface area contributed by atoms with Crippen molar-refractivity contribution in [2.45, 2.75) is 87.9 Å². The van der Waals surface area contributed by atoms with E-state index in [1.807, 2.05) is 6.07 Å². The van der Waals surface area contributed by atoms with Crippen LogP contribution >= 0.6 is 0 Å². The van der Waals surface area contributed by atoms with Gasteiger partial charge in [-0.15, -0.1) is 0 Å². The Bertz CT molecular complexity index is 1070. The van der Waals surface area contributed by atoms with Crippen LogP contribution in [0.15, 0.2) is 18.5 Å². The van der Waals surface area contributed by atoms with Crippen molar-refractivity contribution in [3.05, 3.63) is 29.7 Å². The maximum atomic E-state index is 13.8. The molecule has 0 spiro atoms. The molecule has 2 bridgehead atoms. The van der Waals surface area contributed by atoms with Crippen molar-refractivity contribution in [3.8, 4) is 0 Å². The standard InChI is InChI=1S/C24H30F3N5O/c25-23-11-22(12-23,13-23)8-19(33)31-21(15-1-2-15)16-7-18-30-17(10-32(18)29-9-16)20(28)14-3-5-24(26,27)6-4-14/h7,9-10,14-15,20-21H,1-6,8,11-13,28H2,(H,31,33)/t20-,21?,22?,23?/m0/s1. The third-order valence-electron chi connectivity index (χ3n) is 8.35. The van der Waals surface area contributed by atoms with Gasteiger partial charge >= 0.3 is 0 Å². The van der Waals surface area contributed by atoms with Crippen molar-refractivity contribution < 1.29 is 18.0 Å². The summed E-state index contributed by atoms with van der Waals surface area (Å²) in [7, 11) is 0. The number of alkyl halides is 3. The Hall–Kier alpha value is -2.16. The molecule has 178 valence electrons. The number of hydrogen-bond donors (Lipinski definition) is 2. The minimum atomic E-state index is -2.58. The molecular weight excluding hydrogens is 431 g/mol. The van der Waals surface area contributed by atoms with Crippen LogP contribution in [-0.2, 0) is 4.79 Å². The Labute approximate surface area is 190 Å². The van der Waals surface area contributed by atoms with Crippen molar-refractivity contribution in [3.63, 3.8) is 0 Å². The quantitative estimate of drug-likeness (QED) is 0.640. The van der Waals surface area contributed by atoms with E-state index in [4.69, 9.17) is 5.73 Å². The lowest BCUT2D eigenvalue weighted by atomic mass is 9.41. The molecule has 1 amide bonds. The molecule has 6 nitrogen and oxygen atoms in total. The molecule has 2 atom stereocenters. The Balaban J connectivity index is 1.16. The van der Waals surface area contributed by atoms with Gasteiger partial charge in [0.1, 0.15) is 5.67 Å². The number of amides is 1. The van der Waals surface area contributed by atoms with E-state index in [2.05, 4.69) is 15.4 Å². The van der Waals surface area contributed by atoms with Gasteiger partial charge in [-0.1, -0.05) is 0 Å². The lowest BCUT2D eigenvalue weighted by molar-refractivity contribution is -0.215. The molecule has 5 aliphatic carbocycles. The summed E-state index contributed by atoms with van der Waals surface area (Å²) >= 11 is 0. The molecule has 0 saturated heterocycles. The second-order valence-corrected chi connectivity index (χ2v) is 11.2. The molecule has 0 aliphatic heterocycles. The second-order valence-electron chi connectivity index (χ2n) is 11.2. The van der Waals surface area contributed by atoms with E-state index in [0.29, 0.717) is 55.8 Å². The van der Waals surface area contributed by atoms with Crippen LogP contribution in [0.3, 0.4) is 0 Å². The van der Waals surface area contributed by atoms with Crippen LogP contribution < -0.4 is 11.1 Å². The molecule has 0 radical (unpaired) electrons. The van der Waals surface area contributed by atoms with E-state index in [1.165, 1.54) is 0 Å². The lowest BCUT2D eigenvalue weighted by Gasteiger charge is -2.65.